The fourth-order valence-corrected chi connectivity index (χ4v) is 3.52. The van der Waals surface area contributed by atoms with E-state index in [1.54, 1.807) is 23.0 Å². The number of nitrogens with two attached hydrogens (primary N) is 1. The summed E-state index contributed by atoms with van der Waals surface area (Å²) in [5.41, 5.74) is 8.85. The Kier molecular flexibility index (Phi) is 4.85. The largest absolute Gasteiger partial charge is 0.473 e. The molecule has 142 valence electrons. The van der Waals surface area contributed by atoms with Crippen LogP contribution < -0.4 is 20.7 Å². The molecule has 3 N–H and O–H groups in total. The number of halogens is 1. The van der Waals surface area contributed by atoms with Gasteiger partial charge in [0.1, 0.15) is 17.6 Å². The molecule has 0 saturated carbocycles. The molecule has 1 saturated heterocycles. The maximum atomic E-state index is 14.5. The molecular formula is C20H24FN5O. The van der Waals surface area contributed by atoms with Crippen molar-refractivity contribution < 1.29 is 9.13 Å². The van der Waals surface area contributed by atoms with Gasteiger partial charge < -0.3 is 20.7 Å². The normalized spacial score (nSPS) is 18.2. The first-order chi connectivity index (χ1) is 13.1. The summed E-state index contributed by atoms with van der Waals surface area (Å²) in [6.45, 7) is 2.34. The predicted octanol–water partition coefficient (Wildman–Crippen LogP) is 2.39. The molecule has 1 fully saturated rings. The van der Waals surface area contributed by atoms with E-state index >= 15 is 0 Å². The van der Waals surface area contributed by atoms with Gasteiger partial charge in [-0.2, -0.15) is 5.10 Å². The Labute approximate surface area is 158 Å². The second kappa shape index (κ2) is 7.44. The summed E-state index contributed by atoms with van der Waals surface area (Å²) in [6.07, 6.45) is 7.45. The Bertz CT molecular complexity index is 882. The summed E-state index contributed by atoms with van der Waals surface area (Å²) in [4.78, 5) is 1.97. The van der Waals surface area contributed by atoms with E-state index in [0.717, 1.165) is 37.3 Å². The van der Waals surface area contributed by atoms with Crippen LogP contribution in [0.25, 0.3) is 5.70 Å². The van der Waals surface area contributed by atoms with Crippen molar-refractivity contribution in [1.29, 1.82) is 0 Å². The molecule has 27 heavy (non-hydrogen) atoms. The number of ether oxygens (including phenoxy) is 1. The molecule has 6 nitrogen and oxygen atoms in total. The van der Waals surface area contributed by atoms with Gasteiger partial charge in [-0.05, 0) is 50.2 Å². The monoisotopic (exact) mass is 369 g/mol. The molecule has 0 atom stereocenters. The summed E-state index contributed by atoms with van der Waals surface area (Å²) >= 11 is 0. The Balaban J connectivity index is 1.70. The number of hydrogen-bond acceptors (Lipinski definition) is 5. The summed E-state index contributed by atoms with van der Waals surface area (Å²) in [5, 5.41) is 7.73. The highest BCUT2D eigenvalue weighted by Gasteiger charge is 2.27. The lowest BCUT2D eigenvalue weighted by Crippen LogP contribution is -2.35. The smallest absolute Gasteiger partial charge is 0.236 e. The molecule has 4 rings (SSSR count). The van der Waals surface area contributed by atoms with Gasteiger partial charge in [-0.25, -0.2) is 9.07 Å². The van der Waals surface area contributed by atoms with Gasteiger partial charge in [-0.3, -0.25) is 0 Å². The van der Waals surface area contributed by atoms with E-state index in [1.807, 2.05) is 30.2 Å². The van der Waals surface area contributed by atoms with Crippen LogP contribution in [0.3, 0.4) is 0 Å². The van der Waals surface area contributed by atoms with Gasteiger partial charge in [0, 0.05) is 18.3 Å². The summed E-state index contributed by atoms with van der Waals surface area (Å²) in [6, 6.07) is 6.75. The minimum absolute atomic E-state index is 0.138. The Morgan fingerprint density at radius 2 is 2.00 bits per heavy atom. The van der Waals surface area contributed by atoms with Crippen LogP contribution in [0.2, 0.25) is 0 Å². The van der Waals surface area contributed by atoms with Crippen molar-refractivity contribution in [3.8, 4) is 5.88 Å². The summed E-state index contributed by atoms with van der Waals surface area (Å²) < 4.78 is 22.5. The minimum atomic E-state index is -0.271. The second-order valence-corrected chi connectivity index (χ2v) is 6.89. The molecule has 2 aliphatic heterocycles. The molecule has 2 aliphatic rings. The molecule has 3 heterocycles. The first-order valence-corrected chi connectivity index (χ1v) is 9.21. The second-order valence-electron chi connectivity index (χ2n) is 6.89. The molecule has 0 aliphatic carbocycles. The Hall–Kier alpha value is -2.80. The van der Waals surface area contributed by atoms with Crippen LogP contribution in [-0.4, -0.2) is 35.5 Å². The Morgan fingerprint density at radius 3 is 2.78 bits per heavy atom. The van der Waals surface area contributed by atoms with Gasteiger partial charge in [-0.15, -0.1) is 0 Å². The zero-order chi connectivity index (χ0) is 18.8. The number of anilines is 1. The number of piperidine rings is 1. The number of allylic oxidation sites excluding steroid dienone is 2. The van der Waals surface area contributed by atoms with Crippen LogP contribution >= 0.6 is 0 Å². The van der Waals surface area contributed by atoms with Crippen LogP contribution in [0.1, 0.15) is 18.4 Å². The number of benzene rings is 1. The van der Waals surface area contributed by atoms with Crippen LogP contribution in [0.4, 0.5) is 10.1 Å². The molecule has 7 heteroatoms. The first kappa shape index (κ1) is 17.6. The van der Waals surface area contributed by atoms with Gasteiger partial charge in [0.2, 0.25) is 5.88 Å². The zero-order valence-corrected chi connectivity index (χ0v) is 15.4. The number of aryl methyl sites for hydroxylation is 1. The predicted molar refractivity (Wildman–Crippen MR) is 104 cm³/mol. The van der Waals surface area contributed by atoms with Crippen LogP contribution in [0.15, 0.2) is 48.3 Å². The highest BCUT2D eigenvalue weighted by Crippen LogP contribution is 2.37. The average molecular weight is 369 g/mol. The van der Waals surface area contributed by atoms with Crippen molar-refractivity contribution in [3.63, 3.8) is 0 Å². The van der Waals surface area contributed by atoms with Gasteiger partial charge >= 0.3 is 0 Å². The van der Waals surface area contributed by atoms with E-state index in [4.69, 9.17) is 10.5 Å². The lowest BCUT2D eigenvalue weighted by Gasteiger charge is -2.31. The number of aromatic nitrogens is 2. The van der Waals surface area contributed by atoms with E-state index in [-0.39, 0.29) is 11.9 Å². The number of nitrogens with one attached hydrogen (secondary N) is 1. The average Bonchev–Trinajstić information content (AvgIpc) is 3.04. The third-order valence-electron chi connectivity index (χ3n) is 4.96. The highest BCUT2D eigenvalue weighted by atomic mass is 19.1. The molecular weight excluding hydrogens is 345 g/mol. The van der Waals surface area contributed by atoms with E-state index in [1.165, 1.54) is 6.07 Å². The zero-order valence-electron chi connectivity index (χ0n) is 15.4. The first-order valence-electron chi connectivity index (χ1n) is 9.21. The van der Waals surface area contributed by atoms with Gasteiger partial charge in [0.15, 0.2) is 0 Å². The maximum Gasteiger partial charge on any atom is 0.236 e. The third-order valence-corrected chi connectivity index (χ3v) is 4.96. The van der Waals surface area contributed by atoms with Crippen molar-refractivity contribution in [3.05, 3.63) is 59.7 Å². The Morgan fingerprint density at radius 1 is 1.22 bits per heavy atom. The number of nitrogens with zero attached hydrogens (tertiary/aromatic N) is 3. The fourth-order valence-electron chi connectivity index (χ4n) is 3.52. The van der Waals surface area contributed by atoms with Gasteiger partial charge in [0.05, 0.1) is 18.4 Å². The van der Waals surface area contributed by atoms with Gasteiger partial charge in [0.25, 0.3) is 0 Å². The van der Waals surface area contributed by atoms with Crippen molar-refractivity contribution >= 4 is 11.4 Å². The van der Waals surface area contributed by atoms with E-state index in [9.17, 15) is 4.39 Å². The van der Waals surface area contributed by atoms with E-state index in [0.29, 0.717) is 23.7 Å². The quantitative estimate of drug-likeness (QED) is 0.866. The molecule has 0 spiro atoms. The van der Waals surface area contributed by atoms with Crippen LogP contribution in [-0.2, 0) is 7.05 Å². The molecule has 1 aromatic carbocycles. The van der Waals surface area contributed by atoms with Crippen LogP contribution in [0, 0.1) is 5.82 Å². The molecule has 2 aromatic rings. The van der Waals surface area contributed by atoms with E-state index in [2.05, 4.69) is 10.4 Å². The molecule has 0 unspecified atom stereocenters. The molecule has 0 amide bonds. The van der Waals surface area contributed by atoms with Crippen molar-refractivity contribution in [2.24, 2.45) is 12.8 Å². The lowest BCUT2D eigenvalue weighted by atomic mass is 10.1. The minimum Gasteiger partial charge on any atom is -0.473 e. The van der Waals surface area contributed by atoms with Gasteiger partial charge in [-0.1, -0.05) is 12.1 Å². The molecule has 1 aromatic heterocycles. The van der Waals surface area contributed by atoms with Crippen molar-refractivity contribution in [2.75, 3.05) is 24.5 Å². The van der Waals surface area contributed by atoms with Crippen molar-refractivity contribution in [2.45, 2.75) is 18.9 Å². The fraction of sp³-hybridized carbons (Fsp3) is 0.350. The molecule has 0 radical (unpaired) electrons. The van der Waals surface area contributed by atoms with E-state index < -0.39 is 0 Å². The third kappa shape index (κ3) is 3.55. The SMILES string of the molecule is Cn1ncc(N2CC(N)=CC=C2c2ccccc2F)c1OC1CCNCC1. The number of hydrogen-bond donors (Lipinski definition) is 2. The lowest BCUT2D eigenvalue weighted by molar-refractivity contribution is 0.150. The maximum absolute atomic E-state index is 14.5. The highest BCUT2D eigenvalue weighted by molar-refractivity contribution is 5.84. The van der Waals surface area contributed by atoms with Crippen molar-refractivity contribution in [1.82, 2.24) is 15.1 Å². The topological polar surface area (TPSA) is 68.3 Å². The standard InChI is InChI=1S/C20H24FN5O/c1-25-20(27-15-8-10-23-11-9-15)19(12-24-25)26-13-14(22)6-7-18(26)16-4-2-3-5-17(16)21/h2-7,12,15,23H,8-11,13,22H2,1H3. The summed E-state index contributed by atoms with van der Waals surface area (Å²) in [7, 11) is 1.86. The molecule has 0 bridgehead atoms. The summed E-state index contributed by atoms with van der Waals surface area (Å²) in [5.74, 6) is 0.408. The number of rotatable bonds is 4. The van der Waals surface area contributed by atoms with Crippen LogP contribution in [0.5, 0.6) is 5.88 Å².